The van der Waals surface area contributed by atoms with Gasteiger partial charge < -0.3 is 25.5 Å². The molecule has 1 aromatic heterocycles. The summed E-state index contributed by atoms with van der Waals surface area (Å²) in [6.07, 6.45) is 0. The maximum atomic E-state index is 12.6. The number of furan rings is 1. The number of anilines is 2. The fourth-order valence-corrected chi connectivity index (χ4v) is 3.06. The van der Waals surface area contributed by atoms with E-state index in [1.165, 1.54) is 0 Å². The summed E-state index contributed by atoms with van der Waals surface area (Å²) in [4.78, 5) is 23.5. The van der Waals surface area contributed by atoms with Gasteiger partial charge in [-0.1, -0.05) is 18.2 Å². The van der Waals surface area contributed by atoms with Crippen LogP contribution >= 0.6 is 0 Å². The molecular formula is C21H17N3O4. The van der Waals surface area contributed by atoms with Crippen LogP contribution in [0.1, 0.15) is 10.4 Å². The zero-order chi connectivity index (χ0) is 19.7. The molecule has 140 valence electrons. The van der Waals surface area contributed by atoms with Crippen molar-refractivity contribution in [3.05, 3.63) is 66.2 Å². The van der Waals surface area contributed by atoms with Crippen molar-refractivity contribution in [2.75, 3.05) is 17.7 Å². The molecule has 0 spiro atoms. The van der Waals surface area contributed by atoms with Gasteiger partial charge >= 0.3 is 6.03 Å². The van der Waals surface area contributed by atoms with Crippen LogP contribution in [-0.4, -0.2) is 19.0 Å². The molecule has 1 heterocycles. The Morgan fingerprint density at radius 2 is 1.68 bits per heavy atom. The smallest absolute Gasteiger partial charge is 0.316 e. The Morgan fingerprint density at radius 1 is 0.929 bits per heavy atom. The highest BCUT2D eigenvalue weighted by Gasteiger charge is 2.15. The summed E-state index contributed by atoms with van der Waals surface area (Å²) < 4.78 is 11.3. The number of urea groups is 1. The SMILES string of the molecule is COc1cc2c(cc1NC(=O)c1ccc(NC(N)=O)cc1)oc1ccccc12. The molecule has 0 saturated heterocycles. The molecule has 0 bridgehead atoms. The third-order valence-corrected chi connectivity index (χ3v) is 4.36. The van der Waals surface area contributed by atoms with E-state index in [0.29, 0.717) is 28.3 Å². The Hall–Kier alpha value is -4.00. The van der Waals surface area contributed by atoms with E-state index in [2.05, 4.69) is 10.6 Å². The van der Waals surface area contributed by atoms with Crippen LogP contribution < -0.4 is 21.1 Å². The highest BCUT2D eigenvalue weighted by atomic mass is 16.5. The number of fused-ring (bicyclic) bond motifs is 3. The van der Waals surface area contributed by atoms with E-state index < -0.39 is 6.03 Å². The van der Waals surface area contributed by atoms with Crippen molar-refractivity contribution in [3.63, 3.8) is 0 Å². The summed E-state index contributed by atoms with van der Waals surface area (Å²) in [5.74, 6) is 0.207. The molecule has 7 heteroatoms. The number of nitrogens with one attached hydrogen (secondary N) is 2. The number of benzene rings is 3. The summed E-state index contributed by atoms with van der Waals surface area (Å²) in [7, 11) is 1.55. The minimum Gasteiger partial charge on any atom is -0.495 e. The molecule has 0 unspecified atom stereocenters. The van der Waals surface area contributed by atoms with Gasteiger partial charge in [-0.25, -0.2) is 4.79 Å². The van der Waals surface area contributed by atoms with Crippen molar-refractivity contribution in [2.24, 2.45) is 5.73 Å². The van der Waals surface area contributed by atoms with Gasteiger partial charge in [-0.3, -0.25) is 4.79 Å². The fraction of sp³-hybridized carbons (Fsp3) is 0.0476. The van der Waals surface area contributed by atoms with Gasteiger partial charge in [-0.2, -0.15) is 0 Å². The van der Waals surface area contributed by atoms with Gasteiger partial charge in [0.1, 0.15) is 16.9 Å². The molecule has 28 heavy (non-hydrogen) atoms. The second-order valence-corrected chi connectivity index (χ2v) is 6.17. The van der Waals surface area contributed by atoms with E-state index in [0.717, 1.165) is 16.4 Å². The van der Waals surface area contributed by atoms with Gasteiger partial charge in [0.15, 0.2) is 0 Å². The molecule has 0 aliphatic heterocycles. The Bertz CT molecular complexity index is 1200. The molecule has 0 radical (unpaired) electrons. The predicted octanol–water partition coefficient (Wildman–Crippen LogP) is 4.34. The molecule has 4 aromatic rings. The van der Waals surface area contributed by atoms with Crippen LogP contribution in [0.3, 0.4) is 0 Å². The molecule has 7 nitrogen and oxygen atoms in total. The largest absolute Gasteiger partial charge is 0.495 e. The Balaban J connectivity index is 1.65. The fourth-order valence-electron chi connectivity index (χ4n) is 3.06. The van der Waals surface area contributed by atoms with Gasteiger partial charge in [0, 0.05) is 28.1 Å². The van der Waals surface area contributed by atoms with Crippen molar-refractivity contribution < 1.29 is 18.7 Å². The van der Waals surface area contributed by atoms with Gasteiger partial charge in [0.05, 0.1) is 12.8 Å². The summed E-state index contributed by atoms with van der Waals surface area (Å²) >= 11 is 0. The summed E-state index contributed by atoms with van der Waals surface area (Å²) in [5.41, 5.74) is 7.92. The van der Waals surface area contributed by atoms with Gasteiger partial charge in [0.2, 0.25) is 0 Å². The van der Waals surface area contributed by atoms with E-state index in [1.807, 2.05) is 30.3 Å². The third-order valence-electron chi connectivity index (χ3n) is 4.36. The van der Waals surface area contributed by atoms with E-state index in [1.54, 1.807) is 37.4 Å². The van der Waals surface area contributed by atoms with Crippen molar-refractivity contribution in [1.82, 2.24) is 0 Å². The number of nitrogens with two attached hydrogens (primary N) is 1. The maximum absolute atomic E-state index is 12.6. The molecular weight excluding hydrogens is 358 g/mol. The van der Waals surface area contributed by atoms with Gasteiger partial charge in [-0.05, 0) is 36.4 Å². The van der Waals surface area contributed by atoms with E-state index >= 15 is 0 Å². The molecule has 4 N–H and O–H groups in total. The number of primary amides is 1. The quantitative estimate of drug-likeness (QED) is 0.493. The zero-order valence-corrected chi connectivity index (χ0v) is 15.0. The average Bonchev–Trinajstić information content (AvgIpc) is 3.04. The van der Waals surface area contributed by atoms with Crippen molar-refractivity contribution in [3.8, 4) is 5.75 Å². The molecule has 0 atom stereocenters. The predicted molar refractivity (Wildman–Crippen MR) is 108 cm³/mol. The number of carbonyl (C=O) groups is 2. The van der Waals surface area contributed by atoms with E-state index in [4.69, 9.17) is 14.9 Å². The zero-order valence-electron chi connectivity index (χ0n) is 15.0. The summed E-state index contributed by atoms with van der Waals surface area (Å²) in [5, 5.41) is 7.17. The van der Waals surface area contributed by atoms with Crippen LogP contribution in [0.2, 0.25) is 0 Å². The van der Waals surface area contributed by atoms with Crippen LogP contribution in [0.4, 0.5) is 16.2 Å². The first-order valence-electron chi connectivity index (χ1n) is 8.52. The number of hydrogen-bond acceptors (Lipinski definition) is 4. The number of rotatable bonds is 4. The lowest BCUT2D eigenvalue weighted by Crippen LogP contribution is -2.19. The van der Waals surface area contributed by atoms with Crippen molar-refractivity contribution >= 4 is 45.3 Å². The highest BCUT2D eigenvalue weighted by Crippen LogP contribution is 2.36. The van der Waals surface area contributed by atoms with Crippen LogP contribution in [-0.2, 0) is 0 Å². The standard InChI is InChI=1S/C21H17N3O4/c1-27-19-10-15-14-4-2-3-5-17(14)28-18(15)11-16(19)24-20(25)12-6-8-13(9-7-12)23-21(22)26/h2-11H,1H3,(H,24,25)(H3,22,23,26). The number of carbonyl (C=O) groups excluding carboxylic acids is 2. The van der Waals surface area contributed by atoms with Crippen molar-refractivity contribution in [2.45, 2.75) is 0 Å². The molecule has 0 aliphatic carbocycles. The highest BCUT2D eigenvalue weighted by molar-refractivity contribution is 6.10. The molecule has 3 aromatic carbocycles. The Kier molecular flexibility index (Phi) is 4.33. The molecule has 4 rings (SSSR count). The van der Waals surface area contributed by atoms with Crippen LogP contribution in [0, 0.1) is 0 Å². The summed E-state index contributed by atoms with van der Waals surface area (Å²) in [6.45, 7) is 0. The normalized spacial score (nSPS) is 10.8. The van der Waals surface area contributed by atoms with Crippen LogP contribution in [0.5, 0.6) is 5.75 Å². The molecule has 0 aliphatic rings. The average molecular weight is 375 g/mol. The van der Waals surface area contributed by atoms with E-state index in [9.17, 15) is 9.59 Å². The number of amides is 3. The van der Waals surface area contributed by atoms with Crippen LogP contribution in [0.15, 0.2) is 65.1 Å². The lowest BCUT2D eigenvalue weighted by atomic mass is 10.1. The van der Waals surface area contributed by atoms with Crippen LogP contribution in [0.25, 0.3) is 21.9 Å². The number of methoxy groups -OCH3 is 1. The third kappa shape index (κ3) is 3.21. The topological polar surface area (TPSA) is 107 Å². The minimum absolute atomic E-state index is 0.320. The minimum atomic E-state index is -0.666. The van der Waals surface area contributed by atoms with Crippen molar-refractivity contribution in [1.29, 1.82) is 0 Å². The number of ether oxygens (including phenoxy) is 1. The first-order chi connectivity index (χ1) is 13.5. The summed E-state index contributed by atoms with van der Waals surface area (Å²) in [6, 6.07) is 17.0. The second kappa shape index (κ2) is 6.96. The lowest BCUT2D eigenvalue weighted by molar-refractivity contribution is 0.102. The maximum Gasteiger partial charge on any atom is 0.316 e. The molecule has 0 fully saturated rings. The molecule has 0 saturated carbocycles. The first kappa shape index (κ1) is 17.4. The molecule has 3 amide bonds. The lowest BCUT2D eigenvalue weighted by Gasteiger charge is -2.11. The monoisotopic (exact) mass is 375 g/mol. The second-order valence-electron chi connectivity index (χ2n) is 6.17. The first-order valence-corrected chi connectivity index (χ1v) is 8.52. The van der Waals surface area contributed by atoms with Gasteiger partial charge in [-0.15, -0.1) is 0 Å². The Morgan fingerprint density at radius 3 is 2.39 bits per heavy atom. The Labute approximate surface area is 160 Å². The number of para-hydroxylation sites is 1. The van der Waals surface area contributed by atoms with E-state index in [-0.39, 0.29) is 5.91 Å². The number of hydrogen-bond donors (Lipinski definition) is 3. The van der Waals surface area contributed by atoms with Gasteiger partial charge in [0.25, 0.3) is 5.91 Å².